The van der Waals surface area contributed by atoms with Crippen LogP contribution in [-0.4, -0.2) is 86.6 Å². The highest BCUT2D eigenvalue weighted by molar-refractivity contribution is 5.81. The molecule has 1 fully saturated rings. The van der Waals surface area contributed by atoms with E-state index in [1.807, 2.05) is 7.05 Å². The topological polar surface area (TPSA) is 34.1 Å². The van der Waals surface area contributed by atoms with Crippen molar-refractivity contribution in [2.75, 3.05) is 66.0 Å². The van der Waals surface area contributed by atoms with Gasteiger partial charge >= 0.3 is 0 Å². The third-order valence-corrected chi connectivity index (χ3v) is 5.96. The first-order valence-electron chi connectivity index (χ1n) is 10.8. The van der Waals surface area contributed by atoms with Crippen molar-refractivity contribution in [3.8, 4) is 0 Å². The number of aliphatic imine (C=N–C) groups is 1. The minimum atomic E-state index is 0.616. The van der Waals surface area contributed by atoms with Gasteiger partial charge in [-0.1, -0.05) is 50.3 Å². The van der Waals surface area contributed by atoms with Crippen LogP contribution in [0.1, 0.15) is 25.8 Å². The summed E-state index contributed by atoms with van der Waals surface area (Å²) in [6.07, 6.45) is 3.42. The van der Waals surface area contributed by atoms with Crippen molar-refractivity contribution in [3.63, 3.8) is 0 Å². The van der Waals surface area contributed by atoms with Crippen LogP contribution < -0.4 is 5.32 Å². The lowest BCUT2D eigenvalue weighted by Gasteiger charge is -2.35. The molecule has 0 bridgehead atoms. The largest absolute Gasteiger partial charge is 0.356 e. The van der Waals surface area contributed by atoms with Gasteiger partial charge in [0.2, 0.25) is 0 Å². The molecule has 5 nitrogen and oxygen atoms in total. The highest BCUT2D eigenvalue weighted by Gasteiger charge is 2.19. The van der Waals surface area contributed by atoms with Crippen LogP contribution in [-0.2, 0) is 0 Å². The van der Waals surface area contributed by atoms with Crippen molar-refractivity contribution in [1.29, 1.82) is 0 Å². The number of hydrogen-bond donors (Lipinski definition) is 1. The van der Waals surface area contributed by atoms with Crippen molar-refractivity contribution < 1.29 is 0 Å². The van der Waals surface area contributed by atoms with Gasteiger partial charge in [0.25, 0.3) is 0 Å². The lowest BCUT2D eigenvalue weighted by Crippen LogP contribution is -2.49. The zero-order valence-corrected chi connectivity index (χ0v) is 17.9. The summed E-state index contributed by atoms with van der Waals surface area (Å²) in [6.45, 7) is 14.7. The van der Waals surface area contributed by atoms with Gasteiger partial charge in [0.05, 0.1) is 0 Å². The predicted molar refractivity (Wildman–Crippen MR) is 120 cm³/mol. The van der Waals surface area contributed by atoms with Crippen molar-refractivity contribution in [2.24, 2.45) is 10.9 Å². The molecule has 5 heteroatoms. The molecule has 154 valence electrons. The van der Waals surface area contributed by atoms with Gasteiger partial charge in [0, 0.05) is 59.4 Å². The zero-order valence-electron chi connectivity index (χ0n) is 17.9. The predicted octanol–water partition coefficient (Wildman–Crippen LogP) is 2.62. The van der Waals surface area contributed by atoms with Crippen molar-refractivity contribution in [3.05, 3.63) is 42.0 Å². The van der Waals surface area contributed by atoms with Crippen LogP contribution in [0.5, 0.6) is 0 Å². The molecule has 2 heterocycles. The molecule has 0 spiro atoms. The van der Waals surface area contributed by atoms with Crippen LogP contribution in [0, 0.1) is 5.92 Å². The van der Waals surface area contributed by atoms with Gasteiger partial charge in [-0.2, -0.15) is 0 Å². The molecular weight excluding hydrogens is 346 g/mol. The van der Waals surface area contributed by atoms with Gasteiger partial charge in [0.15, 0.2) is 5.96 Å². The SMILES string of the molecule is CCN1CCN(CC(C)CNC(=NC)N2CC=C(c3ccccc3)CC2)CC1. The normalized spacial score (nSPS) is 20.8. The van der Waals surface area contributed by atoms with Gasteiger partial charge in [-0.05, 0) is 30.0 Å². The molecule has 0 amide bonds. The molecule has 1 aromatic carbocycles. The van der Waals surface area contributed by atoms with Gasteiger partial charge in [0.1, 0.15) is 0 Å². The van der Waals surface area contributed by atoms with Crippen LogP contribution >= 0.6 is 0 Å². The Morgan fingerprint density at radius 1 is 1.07 bits per heavy atom. The Morgan fingerprint density at radius 2 is 1.79 bits per heavy atom. The van der Waals surface area contributed by atoms with E-state index < -0.39 is 0 Å². The second-order valence-electron chi connectivity index (χ2n) is 8.06. The Labute approximate surface area is 171 Å². The molecule has 2 aliphatic heterocycles. The molecule has 1 aromatic rings. The van der Waals surface area contributed by atoms with Crippen LogP contribution in [0.3, 0.4) is 0 Å². The smallest absolute Gasteiger partial charge is 0.193 e. The van der Waals surface area contributed by atoms with E-state index in [0.29, 0.717) is 5.92 Å². The van der Waals surface area contributed by atoms with Crippen LogP contribution in [0.2, 0.25) is 0 Å². The summed E-state index contributed by atoms with van der Waals surface area (Å²) in [4.78, 5) is 12.0. The van der Waals surface area contributed by atoms with Crippen LogP contribution in [0.4, 0.5) is 0 Å². The zero-order chi connectivity index (χ0) is 19.8. The number of nitrogens with one attached hydrogen (secondary N) is 1. The van der Waals surface area contributed by atoms with E-state index in [2.05, 4.69) is 75.3 Å². The number of hydrogen-bond acceptors (Lipinski definition) is 3. The molecule has 0 aliphatic carbocycles. The number of rotatable bonds is 6. The van der Waals surface area contributed by atoms with Gasteiger partial charge < -0.3 is 20.0 Å². The average Bonchev–Trinajstić information content (AvgIpc) is 2.76. The fourth-order valence-corrected chi connectivity index (χ4v) is 4.17. The maximum absolute atomic E-state index is 4.53. The molecule has 3 rings (SSSR count). The van der Waals surface area contributed by atoms with Crippen molar-refractivity contribution >= 4 is 11.5 Å². The van der Waals surface area contributed by atoms with E-state index in [-0.39, 0.29) is 0 Å². The van der Waals surface area contributed by atoms with Crippen LogP contribution in [0.15, 0.2) is 41.4 Å². The number of likely N-dealkylation sites (N-methyl/N-ethyl adjacent to an activating group) is 1. The molecular formula is C23H37N5. The lowest BCUT2D eigenvalue weighted by atomic mass is 10.00. The second kappa shape index (κ2) is 10.6. The molecule has 0 radical (unpaired) electrons. The summed E-state index contributed by atoms with van der Waals surface area (Å²) in [5.41, 5.74) is 2.80. The quantitative estimate of drug-likeness (QED) is 0.605. The Kier molecular flexibility index (Phi) is 7.92. The van der Waals surface area contributed by atoms with E-state index in [0.717, 1.165) is 32.0 Å². The minimum Gasteiger partial charge on any atom is -0.356 e. The molecule has 28 heavy (non-hydrogen) atoms. The summed E-state index contributed by atoms with van der Waals surface area (Å²) in [5, 5.41) is 3.61. The Balaban J connectivity index is 1.43. The Bertz CT molecular complexity index is 646. The Morgan fingerprint density at radius 3 is 2.39 bits per heavy atom. The van der Waals surface area contributed by atoms with Gasteiger partial charge in [-0.3, -0.25) is 4.99 Å². The Hall–Kier alpha value is -1.85. The minimum absolute atomic E-state index is 0.616. The summed E-state index contributed by atoms with van der Waals surface area (Å²) in [5.74, 6) is 1.65. The monoisotopic (exact) mass is 383 g/mol. The highest BCUT2D eigenvalue weighted by Crippen LogP contribution is 2.22. The maximum Gasteiger partial charge on any atom is 0.193 e. The summed E-state index contributed by atoms with van der Waals surface area (Å²) in [7, 11) is 1.90. The maximum atomic E-state index is 4.53. The number of piperazine rings is 1. The second-order valence-corrected chi connectivity index (χ2v) is 8.06. The number of nitrogens with zero attached hydrogens (tertiary/aromatic N) is 4. The van der Waals surface area contributed by atoms with Gasteiger partial charge in [-0.15, -0.1) is 0 Å². The first kappa shape index (κ1) is 20.9. The molecule has 1 saturated heterocycles. The van der Waals surface area contributed by atoms with E-state index in [4.69, 9.17) is 0 Å². The van der Waals surface area contributed by atoms with Crippen molar-refractivity contribution in [1.82, 2.24) is 20.0 Å². The third kappa shape index (κ3) is 5.82. The van der Waals surface area contributed by atoms with E-state index in [1.54, 1.807) is 0 Å². The lowest BCUT2D eigenvalue weighted by molar-refractivity contribution is 0.124. The van der Waals surface area contributed by atoms with Crippen LogP contribution in [0.25, 0.3) is 5.57 Å². The number of benzene rings is 1. The standard InChI is InChI=1S/C23H37N5/c1-4-26-14-16-27(17-15-26)19-20(2)18-25-23(24-3)28-12-10-22(11-13-28)21-8-6-5-7-9-21/h5-10,20H,4,11-19H2,1-3H3,(H,24,25). The molecule has 0 saturated carbocycles. The molecule has 2 aliphatic rings. The molecule has 1 atom stereocenters. The van der Waals surface area contributed by atoms with Gasteiger partial charge in [-0.25, -0.2) is 0 Å². The van der Waals surface area contributed by atoms with Crippen molar-refractivity contribution in [2.45, 2.75) is 20.3 Å². The van der Waals surface area contributed by atoms with E-state index in [9.17, 15) is 0 Å². The third-order valence-electron chi connectivity index (χ3n) is 5.96. The first-order valence-corrected chi connectivity index (χ1v) is 10.8. The highest BCUT2D eigenvalue weighted by atomic mass is 15.3. The molecule has 0 aromatic heterocycles. The average molecular weight is 384 g/mol. The molecule has 1 N–H and O–H groups in total. The molecule has 1 unspecified atom stereocenters. The fourth-order valence-electron chi connectivity index (χ4n) is 4.17. The fraction of sp³-hybridized carbons (Fsp3) is 0.609. The van der Waals surface area contributed by atoms with E-state index >= 15 is 0 Å². The van der Waals surface area contributed by atoms with E-state index in [1.165, 1.54) is 50.4 Å². The first-order chi connectivity index (χ1) is 13.7. The number of guanidine groups is 1. The summed E-state index contributed by atoms with van der Waals surface area (Å²) in [6, 6.07) is 10.7. The summed E-state index contributed by atoms with van der Waals surface area (Å²) >= 11 is 0. The summed E-state index contributed by atoms with van der Waals surface area (Å²) < 4.78 is 0.